The van der Waals surface area contributed by atoms with Crippen LogP contribution in [0.25, 0.3) is 0 Å². The number of amides is 1. The summed E-state index contributed by atoms with van der Waals surface area (Å²) in [6.45, 7) is 9.50. The maximum atomic E-state index is 12.7. The minimum absolute atomic E-state index is 0.293. The monoisotopic (exact) mass is 422 g/mol. The molecule has 0 aromatic heterocycles. The van der Waals surface area contributed by atoms with E-state index in [1.54, 1.807) is 7.11 Å². The predicted octanol–water partition coefficient (Wildman–Crippen LogP) is 2.55. The standard InChI is InChI=1S/C25H34N4O2/c1-31-24-9-7-23(8-10-24)28-17-19-29(20-18-28)25(30)11-12-26-13-15-27(16-14-26)21-22-5-3-2-4-6-22/h2-10H,11-21H2,1H3. The summed E-state index contributed by atoms with van der Waals surface area (Å²) in [6, 6.07) is 18.8. The van der Waals surface area contributed by atoms with E-state index in [2.05, 4.69) is 57.2 Å². The molecule has 31 heavy (non-hydrogen) atoms. The third-order valence-electron chi connectivity index (χ3n) is 6.43. The molecule has 0 bridgehead atoms. The van der Waals surface area contributed by atoms with Gasteiger partial charge in [0.2, 0.25) is 5.91 Å². The molecule has 0 atom stereocenters. The van der Waals surface area contributed by atoms with Crippen molar-refractivity contribution in [3.63, 3.8) is 0 Å². The van der Waals surface area contributed by atoms with Gasteiger partial charge in [-0.2, -0.15) is 0 Å². The first kappa shape index (κ1) is 21.7. The van der Waals surface area contributed by atoms with E-state index < -0.39 is 0 Å². The molecule has 2 aliphatic rings. The summed E-state index contributed by atoms with van der Waals surface area (Å²) in [5.74, 6) is 1.17. The van der Waals surface area contributed by atoms with Crippen molar-refractivity contribution in [3.05, 3.63) is 60.2 Å². The third-order valence-corrected chi connectivity index (χ3v) is 6.43. The highest BCUT2D eigenvalue weighted by atomic mass is 16.5. The van der Waals surface area contributed by atoms with E-state index in [0.717, 1.165) is 71.2 Å². The Bertz CT molecular complexity index is 811. The summed E-state index contributed by atoms with van der Waals surface area (Å²) in [6.07, 6.45) is 0.626. The molecule has 0 unspecified atom stereocenters. The number of benzene rings is 2. The molecule has 0 radical (unpaired) electrons. The largest absolute Gasteiger partial charge is 0.497 e. The number of carbonyl (C=O) groups excluding carboxylic acids is 1. The Morgan fingerprint density at radius 1 is 0.806 bits per heavy atom. The summed E-state index contributed by atoms with van der Waals surface area (Å²) in [7, 11) is 1.68. The van der Waals surface area contributed by atoms with E-state index in [4.69, 9.17) is 4.74 Å². The van der Waals surface area contributed by atoms with Crippen molar-refractivity contribution in [2.45, 2.75) is 13.0 Å². The SMILES string of the molecule is COc1ccc(N2CCN(C(=O)CCN3CCN(Cc4ccccc4)CC3)CC2)cc1. The van der Waals surface area contributed by atoms with Crippen LogP contribution in [0.3, 0.4) is 0 Å². The Kier molecular flexibility index (Phi) is 7.43. The molecule has 2 fully saturated rings. The van der Waals surface area contributed by atoms with Gasteiger partial charge in [0.05, 0.1) is 7.11 Å². The van der Waals surface area contributed by atoms with Gasteiger partial charge in [0.25, 0.3) is 0 Å². The molecule has 2 aliphatic heterocycles. The molecule has 0 N–H and O–H groups in total. The number of ether oxygens (including phenoxy) is 1. The summed E-state index contributed by atoms with van der Waals surface area (Å²) in [5, 5.41) is 0. The average Bonchev–Trinajstić information content (AvgIpc) is 2.84. The van der Waals surface area contributed by atoms with E-state index in [1.165, 1.54) is 11.3 Å². The molecule has 0 aliphatic carbocycles. The van der Waals surface area contributed by atoms with Gasteiger partial charge >= 0.3 is 0 Å². The topological polar surface area (TPSA) is 39.3 Å². The number of hydrogen-bond acceptors (Lipinski definition) is 5. The quantitative estimate of drug-likeness (QED) is 0.686. The lowest BCUT2D eigenvalue weighted by atomic mass is 10.2. The van der Waals surface area contributed by atoms with Crippen LogP contribution in [-0.2, 0) is 11.3 Å². The molecule has 1 amide bonds. The lowest BCUT2D eigenvalue weighted by Gasteiger charge is -2.37. The normalized spacial score (nSPS) is 18.2. The van der Waals surface area contributed by atoms with Crippen LogP contribution in [0, 0.1) is 0 Å². The second kappa shape index (κ2) is 10.6. The zero-order chi connectivity index (χ0) is 21.5. The molecular weight excluding hydrogens is 388 g/mol. The molecular formula is C25H34N4O2. The predicted molar refractivity (Wildman–Crippen MR) is 125 cm³/mol. The van der Waals surface area contributed by atoms with E-state index in [9.17, 15) is 4.79 Å². The molecule has 0 spiro atoms. The highest BCUT2D eigenvalue weighted by Gasteiger charge is 2.23. The summed E-state index contributed by atoms with van der Waals surface area (Å²) in [4.78, 5) is 22.0. The van der Waals surface area contributed by atoms with Crippen LogP contribution in [0.2, 0.25) is 0 Å². The van der Waals surface area contributed by atoms with Gasteiger partial charge in [-0.25, -0.2) is 0 Å². The van der Waals surface area contributed by atoms with Gasteiger partial charge in [-0.1, -0.05) is 30.3 Å². The molecule has 2 heterocycles. The minimum Gasteiger partial charge on any atom is -0.497 e. The van der Waals surface area contributed by atoms with Crippen LogP contribution >= 0.6 is 0 Å². The van der Waals surface area contributed by atoms with Crippen molar-refractivity contribution in [2.24, 2.45) is 0 Å². The maximum absolute atomic E-state index is 12.7. The fourth-order valence-corrected chi connectivity index (χ4v) is 4.43. The number of nitrogens with zero attached hydrogens (tertiary/aromatic N) is 4. The highest BCUT2D eigenvalue weighted by molar-refractivity contribution is 5.76. The summed E-state index contributed by atoms with van der Waals surface area (Å²) < 4.78 is 5.24. The maximum Gasteiger partial charge on any atom is 0.223 e. The van der Waals surface area contributed by atoms with Crippen molar-refractivity contribution in [3.8, 4) is 5.75 Å². The molecule has 6 nitrogen and oxygen atoms in total. The van der Waals surface area contributed by atoms with Crippen LogP contribution in [0.15, 0.2) is 54.6 Å². The zero-order valence-corrected chi connectivity index (χ0v) is 18.6. The van der Waals surface area contributed by atoms with Gasteiger partial charge < -0.3 is 19.4 Å². The van der Waals surface area contributed by atoms with Crippen LogP contribution in [0.5, 0.6) is 5.75 Å². The average molecular weight is 423 g/mol. The Morgan fingerprint density at radius 2 is 1.45 bits per heavy atom. The molecule has 2 saturated heterocycles. The van der Waals surface area contributed by atoms with E-state index in [-0.39, 0.29) is 0 Å². The molecule has 2 aromatic carbocycles. The van der Waals surface area contributed by atoms with Crippen LogP contribution < -0.4 is 9.64 Å². The Hall–Kier alpha value is -2.57. The minimum atomic E-state index is 0.293. The first-order valence-corrected chi connectivity index (χ1v) is 11.4. The van der Waals surface area contributed by atoms with Gasteiger partial charge in [0, 0.05) is 77.6 Å². The number of methoxy groups -OCH3 is 1. The van der Waals surface area contributed by atoms with Crippen LogP contribution in [0.1, 0.15) is 12.0 Å². The van der Waals surface area contributed by atoms with Crippen molar-refractivity contribution >= 4 is 11.6 Å². The number of hydrogen-bond donors (Lipinski definition) is 0. The summed E-state index contributed by atoms with van der Waals surface area (Å²) in [5.41, 5.74) is 2.57. The lowest BCUT2D eigenvalue weighted by molar-refractivity contribution is -0.131. The van der Waals surface area contributed by atoms with Gasteiger partial charge in [0.1, 0.15) is 5.75 Å². The van der Waals surface area contributed by atoms with E-state index >= 15 is 0 Å². The second-order valence-electron chi connectivity index (χ2n) is 8.42. The lowest BCUT2D eigenvalue weighted by Crippen LogP contribution is -2.50. The third kappa shape index (κ3) is 5.99. The van der Waals surface area contributed by atoms with Gasteiger partial charge in [-0.3, -0.25) is 9.69 Å². The molecule has 2 aromatic rings. The Balaban J connectivity index is 1.15. The highest BCUT2D eigenvalue weighted by Crippen LogP contribution is 2.20. The Labute approximate surface area is 186 Å². The van der Waals surface area contributed by atoms with E-state index in [0.29, 0.717) is 12.3 Å². The number of rotatable bonds is 7. The number of piperazine rings is 2. The van der Waals surface area contributed by atoms with Crippen molar-refractivity contribution in [2.75, 3.05) is 70.9 Å². The Morgan fingerprint density at radius 3 is 2.10 bits per heavy atom. The van der Waals surface area contributed by atoms with Gasteiger partial charge in [-0.15, -0.1) is 0 Å². The van der Waals surface area contributed by atoms with Crippen LogP contribution in [-0.4, -0.2) is 86.6 Å². The van der Waals surface area contributed by atoms with Gasteiger partial charge in [-0.05, 0) is 29.8 Å². The number of anilines is 1. The first-order valence-electron chi connectivity index (χ1n) is 11.4. The fraction of sp³-hybridized carbons (Fsp3) is 0.480. The first-order chi connectivity index (χ1) is 15.2. The van der Waals surface area contributed by atoms with Gasteiger partial charge in [0.15, 0.2) is 0 Å². The van der Waals surface area contributed by atoms with Crippen LogP contribution in [0.4, 0.5) is 5.69 Å². The van der Waals surface area contributed by atoms with Crippen molar-refractivity contribution in [1.29, 1.82) is 0 Å². The number of carbonyl (C=O) groups is 1. The second-order valence-corrected chi connectivity index (χ2v) is 8.42. The molecule has 6 heteroatoms. The zero-order valence-electron chi connectivity index (χ0n) is 18.6. The van der Waals surface area contributed by atoms with Crippen molar-refractivity contribution < 1.29 is 9.53 Å². The molecule has 4 rings (SSSR count). The van der Waals surface area contributed by atoms with Crippen molar-refractivity contribution in [1.82, 2.24) is 14.7 Å². The summed E-state index contributed by atoms with van der Waals surface area (Å²) >= 11 is 0. The van der Waals surface area contributed by atoms with E-state index in [1.807, 2.05) is 17.0 Å². The smallest absolute Gasteiger partial charge is 0.223 e. The molecule has 0 saturated carbocycles. The molecule has 166 valence electrons. The fourth-order valence-electron chi connectivity index (χ4n) is 4.43.